The zero-order valence-electron chi connectivity index (χ0n) is 10.7. The fourth-order valence-electron chi connectivity index (χ4n) is 1.90. The fourth-order valence-corrected chi connectivity index (χ4v) is 1.90. The SMILES string of the molecule is CCC(C)CC(C)(O)c1cccc(OC)c1. The molecule has 0 bridgehead atoms. The van der Waals surface area contributed by atoms with E-state index in [4.69, 9.17) is 4.74 Å². The van der Waals surface area contributed by atoms with Crippen molar-refractivity contribution in [2.24, 2.45) is 5.92 Å². The van der Waals surface area contributed by atoms with Gasteiger partial charge in [-0.2, -0.15) is 0 Å². The molecule has 1 aromatic carbocycles. The molecule has 0 saturated carbocycles. The molecule has 2 atom stereocenters. The third kappa shape index (κ3) is 3.24. The molecular weight excluding hydrogens is 200 g/mol. The van der Waals surface area contributed by atoms with Crippen LogP contribution in [0.3, 0.4) is 0 Å². The van der Waals surface area contributed by atoms with Crippen LogP contribution in [0.2, 0.25) is 0 Å². The van der Waals surface area contributed by atoms with Crippen molar-refractivity contribution in [3.05, 3.63) is 29.8 Å². The average molecular weight is 222 g/mol. The summed E-state index contributed by atoms with van der Waals surface area (Å²) in [5.41, 5.74) is 0.149. The van der Waals surface area contributed by atoms with Gasteiger partial charge >= 0.3 is 0 Å². The molecule has 1 aromatic rings. The van der Waals surface area contributed by atoms with E-state index in [1.54, 1.807) is 7.11 Å². The Morgan fingerprint density at radius 2 is 2.12 bits per heavy atom. The Morgan fingerprint density at radius 3 is 2.69 bits per heavy atom. The van der Waals surface area contributed by atoms with E-state index in [-0.39, 0.29) is 0 Å². The van der Waals surface area contributed by atoms with Gasteiger partial charge in [-0.1, -0.05) is 32.4 Å². The van der Waals surface area contributed by atoms with Gasteiger partial charge in [0.1, 0.15) is 5.75 Å². The van der Waals surface area contributed by atoms with E-state index in [0.29, 0.717) is 5.92 Å². The minimum absolute atomic E-state index is 0.515. The van der Waals surface area contributed by atoms with E-state index in [1.807, 2.05) is 31.2 Å². The first-order valence-corrected chi connectivity index (χ1v) is 5.86. The Kier molecular flexibility index (Phi) is 4.36. The van der Waals surface area contributed by atoms with Crippen LogP contribution >= 0.6 is 0 Å². The molecule has 0 amide bonds. The lowest BCUT2D eigenvalue weighted by Crippen LogP contribution is -2.24. The molecule has 16 heavy (non-hydrogen) atoms. The number of hydrogen-bond acceptors (Lipinski definition) is 2. The van der Waals surface area contributed by atoms with Gasteiger partial charge in [0.05, 0.1) is 12.7 Å². The lowest BCUT2D eigenvalue weighted by Gasteiger charge is -2.27. The number of rotatable bonds is 5. The van der Waals surface area contributed by atoms with Crippen LogP contribution in [0.5, 0.6) is 5.75 Å². The molecule has 1 rings (SSSR count). The molecule has 1 N–H and O–H groups in total. The summed E-state index contributed by atoms with van der Waals surface area (Å²) in [7, 11) is 1.64. The molecular formula is C14H22O2. The summed E-state index contributed by atoms with van der Waals surface area (Å²) in [6.07, 6.45) is 1.86. The molecule has 0 aromatic heterocycles. The van der Waals surface area contributed by atoms with E-state index in [2.05, 4.69) is 13.8 Å². The van der Waals surface area contributed by atoms with E-state index < -0.39 is 5.60 Å². The zero-order chi connectivity index (χ0) is 12.2. The van der Waals surface area contributed by atoms with Crippen molar-refractivity contribution in [2.75, 3.05) is 7.11 Å². The number of hydrogen-bond donors (Lipinski definition) is 1. The number of methoxy groups -OCH3 is 1. The maximum absolute atomic E-state index is 10.5. The van der Waals surface area contributed by atoms with Gasteiger partial charge in [-0.15, -0.1) is 0 Å². The minimum atomic E-state index is -0.774. The minimum Gasteiger partial charge on any atom is -0.497 e. The Morgan fingerprint density at radius 1 is 1.44 bits per heavy atom. The monoisotopic (exact) mass is 222 g/mol. The van der Waals surface area contributed by atoms with Crippen molar-refractivity contribution in [1.29, 1.82) is 0 Å². The lowest BCUT2D eigenvalue weighted by molar-refractivity contribution is 0.0317. The Hall–Kier alpha value is -1.02. The van der Waals surface area contributed by atoms with Gasteiger partial charge in [-0.25, -0.2) is 0 Å². The summed E-state index contributed by atoms with van der Waals surface area (Å²) in [5.74, 6) is 1.31. The van der Waals surface area contributed by atoms with Gasteiger partial charge in [0.15, 0.2) is 0 Å². The summed E-state index contributed by atoms with van der Waals surface area (Å²) in [6.45, 7) is 6.18. The normalized spacial score (nSPS) is 16.6. The molecule has 0 spiro atoms. The molecule has 0 aliphatic heterocycles. The molecule has 0 heterocycles. The predicted octanol–water partition coefficient (Wildman–Crippen LogP) is 3.34. The van der Waals surface area contributed by atoms with E-state index in [9.17, 15) is 5.11 Å². The smallest absolute Gasteiger partial charge is 0.119 e. The summed E-state index contributed by atoms with van der Waals surface area (Å²) in [6, 6.07) is 7.66. The van der Waals surface area contributed by atoms with Gasteiger partial charge in [-0.05, 0) is 37.0 Å². The van der Waals surface area contributed by atoms with E-state index in [0.717, 1.165) is 24.2 Å². The third-order valence-corrected chi connectivity index (χ3v) is 3.13. The Bertz CT molecular complexity index is 331. The number of ether oxygens (including phenoxy) is 1. The molecule has 90 valence electrons. The van der Waals surface area contributed by atoms with Crippen LogP contribution < -0.4 is 4.74 Å². The van der Waals surface area contributed by atoms with Gasteiger partial charge in [0.25, 0.3) is 0 Å². The summed E-state index contributed by atoms with van der Waals surface area (Å²) < 4.78 is 5.17. The highest BCUT2D eigenvalue weighted by Crippen LogP contribution is 2.31. The first-order chi connectivity index (χ1) is 7.49. The van der Waals surface area contributed by atoms with Gasteiger partial charge < -0.3 is 9.84 Å². The summed E-state index contributed by atoms with van der Waals surface area (Å²) in [4.78, 5) is 0. The Labute approximate surface area is 98.3 Å². The molecule has 0 fully saturated rings. The molecule has 2 heteroatoms. The predicted molar refractivity (Wildman–Crippen MR) is 66.6 cm³/mol. The molecule has 0 saturated heterocycles. The summed E-state index contributed by atoms with van der Waals surface area (Å²) in [5, 5.41) is 10.5. The van der Waals surface area contributed by atoms with Crippen molar-refractivity contribution in [3.63, 3.8) is 0 Å². The fraction of sp³-hybridized carbons (Fsp3) is 0.571. The second-order valence-corrected chi connectivity index (χ2v) is 4.72. The molecule has 0 radical (unpaired) electrons. The maximum atomic E-state index is 10.5. The molecule has 0 aliphatic carbocycles. The van der Waals surface area contributed by atoms with Gasteiger partial charge in [0, 0.05) is 0 Å². The van der Waals surface area contributed by atoms with Gasteiger partial charge in [-0.3, -0.25) is 0 Å². The number of aliphatic hydroxyl groups is 1. The van der Waals surface area contributed by atoms with Crippen molar-refractivity contribution in [2.45, 2.75) is 39.2 Å². The van der Waals surface area contributed by atoms with Crippen LogP contribution in [-0.4, -0.2) is 12.2 Å². The second kappa shape index (κ2) is 5.35. The second-order valence-electron chi connectivity index (χ2n) is 4.72. The molecule has 0 aliphatic rings. The largest absolute Gasteiger partial charge is 0.497 e. The van der Waals surface area contributed by atoms with E-state index >= 15 is 0 Å². The van der Waals surface area contributed by atoms with Crippen molar-refractivity contribution < 1.29 is 9.84 Å². The maximum Gasteiger partial charge on any atom is 0.119 e. The highest BCUT2D eigenvalue weighted by atomic mass is 16.5. The van der Waals surface area contributed by atoms with Crippen LogP contribution in [0.1, 0.15) is 39.2 Å². The quantitative estimate of drug-likeness (QED) is 0.828. The highest BCUT2D eigenvalue weighted by Gasteiger charge is 2.25. The highest BCUT2D eigenvalue weighted by molar-refractivity contribution is 5.31. The van der Waals surface area contributed by atoms with Crippen molar-refractivity contribution >= 4 is 0 Å². The van der Waals surface area contributed by atoms with Crippen LogP contribution in [0.15, 0.2) is 24.3 Å². The standard InChI is InChI=1S/C14H22O2/c1-5-11(2)10-14(3,15)12-7-6-8-13(9-12)16-4/h6-9,11,15H,5,10H2,1-4H3. The first-order valence-electron chi connectivity index (χ1n) is 5.86. The zero-order valence-corrected chi connectivity index (χ0v) is 10.7. The van der Waals surface area contributed by atoms with Crippen molar-refractivity contribution in [3.8, 4) is 5.75 Å². The van der Waals surface area contributed by atoms with Crippen LogP contribution in [0.25, 0.3) is 0 Å². The average Bonchev–Trinajstić information content (AvgIpc) is 2.28. The van der Waals surface area contributed by atoms with E-state index in [1.165, 1.54) is 0 Å². The molecule has 2 nitrogen and oxygen atoms in total. The van der Waals surface area contributed by atoms with Crippen LogP contribution in [0, 0.1) is 5.92 Å². The third-order valence-electron chi connectivity index (χ3n) is 3.13. The lowest BCUT2D eigenvalue weighted by atomic mass is 9.86. The Balaban J connectivity index is 2.88. The molecule has 2 unspecified atom stereocenters. The summed E-state index contributed by atoms with van der Waals surface area (Å²) >= 11 is 0. The number of benzene rings is 1. The van der Waals surface area contributed by atoms with Crippen molar-refractivity contribution in [1.82, 2.24) is 0 Å². The van der Waals surface area contributed by atoms with Crippen LogP contribution in [-0.2, 0) is 5.60 Å². The topological polar surface area (TPSA) is 29.5 Å². The first kappa shape index (κ1) is 13.0. The van der Waals surface area contributed by atoms with Gasteiger partial charge in [0.2, 0.25) is 0 Å². The van der Waals surface area contributed by atoms with Crippen LogP contribution in [0.4, 0.5) is 0 Å².